The largest absolute Gasteiger partial charge is 0.399 e. The van der Waals surface area contributed by atoms with Gasteiger partial charge in [-0.15, -0.1) is 0 Å². The van der Waals surface area contributed by atoms with Gasteiger partial charge in [0.2, 0.25) is 0 Å². The van der Waals surface area contributed by atoms with E-state index < -0.39 is 11.6 Å². The first-order chi connectivity index (χ1) is 11.2. The highest BCUT2D eigenvalue weighted by Gasteiger charge is 2.22. The van der Waals surface area contributed by atoms with Crippen molar-refractivity contribution in [1.29, 1.82) is 0 Å². The zero-order chi connectivity index (χ0) is 16.2. The van der Waals surface area contributed by atoms with Gasteiger partial charge in [0.25, 0.3) is 0 Å². The summed E-state index contributed by atoms with van der Waals surface area (Å²) in [6.07, 6.45) is 0. The summed E-state index contributed by atoms with van der Waals surface area (Å²) in [5.74, 6) is -1.40. The molecule has 0 atom stereocenters. The maximum Gasteiger partial charge on any atom is 0.195 e. The molecule has 1 heterocycles. The van der Waals surface area contributed by atoms with Gasteiger partial charge in [-0.1, -0.05) is 35.5 Å². The summed E-state index contributed by atoms with van der Waals surface area (Å²) in [6.45, 7) is 0. The van der Waals surface area contributed by atoms with Gasteiger partial charge in [0, 0.05) is 0 Å². The van der Waals surface area contributed by atoms with E-state index in [1.807, 2.05) is 6.07 Å². The van der Waals surface area contributed by atoms with E-state index in [1.54, 1.807) is 24.3 Å². The van der Waals surface area contributed by atoms with Crippen LogP contribution in [0, 0.1) is 11.6 Å². The first kappa shape index (κ1) is 15.2. The lowest BCUT2D eigenvalue weighted by Gasteiger charge is -2.09. The van der Waals surface area contributed by atoms with Crippen LogP contribution in [0.1, 0.15) is 11.4 Å². The molecule has 4 nitrogen and oxygen atoms in total. The van der Waals surface area contributed by atoms with Gasteiger partial charge < -0.3 is 4.84 Å². The lowest BCUT2D eigenvalue weighted by Crippen LogP contribution is -2.11. The van der Waals surface area contributed by atoms with E-state index in [9.17, 15) is 8.78 Å². The van der Waals surface area contributed by atoms with Gasteiger partial charge in [0.1, 0.15) is 24.3 Å². The van der Waals surface area contributed by atoms with Crippen molar-refractivity contribution in [2.24, 2.45) is 5.16 Å². The van der Waals surface area contributed by atoms with Crippen LogP contribution in [0.2, 0.25) is 0 Å². The van der Waals surface area contributed by atoms with Crippen LogP contribution in [0.25, 0.3) is 11.1 Å². The fourth-order valence-electron chi connectivity index (χ4n) is 2.16. The third-order valence-electron chi connectivity index (χ3n) is 3.14. The van der Waals surface area contributed by atoms with Crippen LogP contribution in [-0.4, -0.2) is 22.2 Å². The summed E-state index contributed by atoms with van der Waals surface area (Å²) in [7, 11) is 1.29. The van der Waals surface area contributed by atoms with Crippen LogP contribution >= 0.6 is 11.5 Å². The molecule has 0 saturated carbocycles. The molecule has 0 saturated heterocycles. The predicted octanol–water partition coefficient (Wildman–Crippen LogP) is 3.88. The lowest BCUT2D eigenvalue weighted by atomic mass is 10.0. The molecule has 0 aliphatic rings. The molecule has 0 aliphatic carbocycles. The van der Waals surface area contributed by atoms with Gasteiger partial charge in [0.05, 0.1) is 5.56 Å². The standard InChI is InChI=1S/C16H11F2N3OS/c1-22-20-15(16-19-9-23-21-16)14-12(17)7-11(8-13(14)18)10-5-3-2-4-6-10/h2-9H,1H3/b20-15-. The maximum atomic E-state index is 14.5. The fourth-order valence-corrected chi connectivity index (χ4v) is 2.59. The molecule has 0 fully saturated rings. The molecule has 3 aromatic rings. The summed E-state index contributed by atoms with van der Waals surface area (Å²) in [5.41, 5.74) is 2.21. The highest BCUT2D eigenvalue weighted by molar-refractivity contribution is 7.03. The van der Waals surface area contributed by atoms with Crippen LogP contribution < -0.4 is 0 Å². The van der Waals surface area contributed by atoms with Crippen molar-refractivity contribution in [2.75, 3.05) is 7.11 Å². The molecule has 0 unspecified atom stereocenters. The van der Waals surface area contributed by atoms with Crippen molar-refractivity contribution in [3.05, 3.63) is 71.0 Å². The molecule has 3 rings (SSSR count). The summed E-state index contributed by atoms with van der Waals surface area (Å²) in [6, 6.07) is 11.5. The normalized spacial score (nSPS) is 11.5. The minimum absolute atomic E-state index is 0.0802. The molecule has 0 spiro atoms. The average Bonchev–Trinajstić information content (AvgIpc) is 3.08. The minimum atomic E-state index is -0.755. The second kappa shape index (κ2) is 6.62. The molecule has 2 aromatic carbocycles. The second-order valence-corrected chi connectivity index (χ2v) is 5.16. The number of hydrogen-bond acceptors (Lipinski definition) is 5. The average molecular weight is 331 g/mol. The number of aromatic nitrogens is 2. The smallest absolute Gasteiger partial charge is 0.195 e. The number of nitrogens with zero attached hydrogens (tertiary/aromatic N) is 3. The summed E-state index contributed by atoms with van der Waals surface area (Å²) < 4.78 is 33.0. The molecule has 0 radical (unpaired) electrons. The van der Waals surface area contributed by atoms with Crippen LogP contribution in [0.4, 0.5) is 8.78 Å². The molecular weight excluding hydrogens is 320 g/mol. The van der Waals surface area contributed by atoms with Crippen LogP contribution in [0.5, 0.6) is 0 Å². The fraction of sp³-hybridized carbons (Fsp3) is 0.0625. The first-order valence-corrected chi connectivity index (χ1v) is 7.47. The molecule has 7 heteroatoms. The number of hydrogen-bond donors (Lipinski definition) is 0. The van der Waals surface area contributed by atoms with E-state index in [-0.39, 0.29) is 17.1 Å². The van der Waals surface area contributed by atoms with Crippen LogP contribution in [0.15, 0.2) is 53.1 Å². The van der Waals surface area contributed by atoms with Gasteiger partial charge in [0.15, 0.2) is 11.5 Å². The summed E-state index contributed by atoms with van der Waals surface area (Å²) in [5, 5.41) is 3.68. The Morgan fingerprint density at radius 1 is 1.09 bits per heavy atom. The second-order valence-electron chi connectivity index (χ2n) is 4.56. The quantitative estimate of drug-likeness (QED) is 0.538. The van der Waals surface area contributed by atoms with Crippen molar-refractivity contribution in [3.8, 4) is 11.1 Å². The molecule has 0 N–H and O–H groups in total. The van der Waals surface area contributed by atoms with Crippen molar-refractivity contribution < 1.29 is 13.6 Å². The number of rotatable bonds is 4. The topological polar surface area (TPSA) is 47.4 Å². The van der Waals surface area contributed by atoms with E-state index in [2.05, 4.69) is 19.4 Å². The number of halogens is 2. The SMILES string of the molecule is CO/N=C(\c1ncsn1)c1c(F)cc(-c2ccccc2)cc1F. The van der Waals surface area contributed by atoms with Crippen LogP contribution in [-0.2, 0) is 4.84 Å². The van der Waals surface area contributed by atoms with E-state index in [4.69, 9.17) is 0 Å². The Balaban J connectivity index is 2.12. The monoisotopic (exact) mass is 331 g/mol. The molecule has 0 aliphatic heterocycles. The molecule has 0 bridgehead atoms. The zero-order valence-electron chi connectivity index (χ0n) is 12.0. The Labute approximate surface area is 135 Å². The summed E-state index contributed by atoms with van der Waals surface area (Å²) in [4.78, 5) is 8.62. The van der Waals surface area contributed by atoms with Gasteiger partial charge in [-0.3, -0.25) is 0 Å². The van der Waals surface area contributed by atoms with Gasteiger partial charge in [-0.05, 0) is 34.8 Å². The van der Waals surface area contributed by atoms with E-state index in [0.717, 1.165) is 11.5 Å². The van der Waals surface area contributed by atoms with Crippen molar-refractivity contribution in [1.82, 2.24) is 9.36 Å². The van der Waals surface area contributed by atoms with E-state index in [0.29, 0.717) is 11.1 Å². The Hall–Kier alpha value is -2.67. The number of benzene rings is 2. The first-order valence-electron chi connectivity index (χ1n) is 6.63. The highest BCUT2D eigenvalue weighted by Crippen LogP contribution is 2.26. The zero-order valence-corrected chi connectivity index (χ0v) is 12.8. The van der Waals surface area contributed by atoms with Crippen molar-refractivity contribution >= 4 is 17.2 Å². The molecule has 1 aromatic heterocycles. The Kier molecular flexibility index (Phi) is 4.38. The van der Waals surface area contributed by atoms with Gasteiger partial charge >= 0.3 is 0 Å². The lowest BCUT2D eigenvalue weighted by molar-refractivity contribution is 0.213. The summed E-state index contributed by atoms with van der Waals surface area (Å²) >= 11 is 1.06. The third-order valence-corrected chi connectivity index (χ3v) is 3.62. The van der Waals surface area contributed by atoms with Gasteiger partial charge in [-0.25, -0.2) is 13.8 Å². The minimum Gasteiger partial charge on any atom is -0.399 e. The number of oxime groups is 1. The maximum absolute atomic E-state index is 14.5. The molecular formula is C16H11F2N3OS. The third kappa shape index (κ3) is 3.09. The Morgan fingerprint density at radius 3 is 2.35 bits per heavy atom. The van der Waals surface area contributed by atoms with E-state index in [1.165, 1.54) is 24.8 Å². The highest BCUT2D eigenvalue weighted by atomic mass is 32.1. The van der Waals surface area contributed by atoms with Crippen LogP contribution in [0.3, 0.4) is 0 Å². The Morgan fingerprint density at radius 2 is 1.78 bits per heavy atom. The Bertz CT molecular complexity index is 813. The molecule has 23 heavy (non-hydrogen) atoms. The van der Waals surface area contributed by atoms with Crippen molar-refractivity contribution in [3.63, 3.8) is 0 Å². The predicted molar refractivity (Wildman–Crippen MR) is 84.4 cm³/mol. The molecule has 116 valence electrons. The van der Waals surface area contributed by atoms with Gasteiger partial charge in [-0.2, -0.15) is 4.37 Å². The van der Waals surface area contributed by atoms with E-state index >= 15 is 0 Å². The molecule has 0 amide bonds. The van der Waals surface area contributed by atoms with Crippen molar-refractivity contribution in [2.45, 2.75) is 0 Å².